The van der Waals surface area contributed by atoms with Crippen molar-refractivity contribution >= 4 is 17.5 Å². The SMILES string of the molecule is CCCCCCCCCCCCCCCCCCCCCCCC(=O)N=C(CCCCCCCCCC)CO[C@@H]1OC(CO)[C@@H](O[C@@H]2OC(CO)[C@H](O)C(O)C2O)C(O[C@@H]2OC(C)[C@@H](O)C(O)C2O)C1NC(C)=O. The molecule has 18 nitrogen and oxygen atoms in total. The zero-order valence-electron chi connectivity index (χ0n) is 46.0. The van der Waals surface area contributed by atoms with E-state index in [1.165, 1.54) is 142 Å². The number of amides is 2. The van der Waals surface area contributed by atoms with E-state index in [2.05, 4.69) is 24.2 Å². The first-order valence-corrected chi connectivity index (χ1v) is 29.3. The summed E-state index contributed by atoms with van der Waals surface area (Å²) in [7, 11) is 0. The molecule has 15 atom stereocenters. The fourth-order valence-electron chi connectivity index (χ4n) is 10.3. The van der Waals surface area contributed by atoms with Gasteiger partial charge in [0.2, 0.25) is 11.8 Å². The van der Waals surface area contributed by atoms with Crippen molar-refractivity contribution in [3.63, 3.8) is 0 Å². The van der Waals surface area contributed by atoms with E-state index in [9.17, 15) is 50.4 Å². The van der Waals surface area contributed by atoms with Gasteiger partial charge < -0.3 is 74.6 Å². The second-order valence-electron chi connectivity index (χ2n) is 21.5. The zero-order chi connectivity index (χ0) is 54.1. The number of rotatable bonds is 41. The van der Waals surface area contributed by atoms with Crippen LogP contribution in [0.15, 0.2) is 4.99 Å². The third-order valence-corrected chi connectivity index (χ3v) is 14.9. The third-order valence-electron chi connectivity index (χ3n) is 14.9. The molecule has 74 heavy (non-hydrogen) atoms. The second kappa shape index (κ2) is 39.6. The zero-order valence-corrected chi connectivity index (χ0v) is 46.0. The molecule has 434 valence electrons. The lowest BCUT2D eigenvalue weighted by molar-refractivity contribution is -0.372. The van der Waals surface area contributed by atoms with Gasteiger partial charge in [-0.05, 0) is 26.2 Å². The molecule has 3 fully saturated rings. The number of aliphatic imine (C=N–C) groups is 1. The Morgan fingerprint density at radius 3 is 1.31 bits per heavy atom. The molecular weight excluding hydrogens is 957 g/mol. The number of nitrogens with zero attached hydrogens (tertiary/aromatic N) is 1. The highest BCUT2D eigenvalue weighted by atomic mass is 16.8. The summed E-state index contributed by atoms with van der Waals surface area (Å²) in [5.41, 5.74) is 0.476. The summed E-state index contributed by atoms with van der Waals surface area (Å²) in [5.74, 6) is -0.846. The number of hydrogen-bond donors (Lipinski definition) is 9. The molecule has 0 aromatic carbocycles. The molecule has 3 heterocycles. The molecule has 0 spiro atoms. The summed E-state index contributed by atoms with van der Waals surface area (Å²) in [5, 5.41) is 87.5. The highest BCUT2D eigenvalue weighted by Crippen LogP contribution is 2.34. The van der Waals surface area contributed by atoms with Crippen LogP contribution in [0.25, 0.3) is 0 Å². The predicted molar refractivity (Wildman–Crippen MR) is 282 cm³/mol. The third kappa shape index (κ3) is 24.9. The Hall–Kier alpha value is -1.75. The number of ether oxygens (including phenoxy) is 6. The van der Waals surface area contributed by atoms with Crippen LogP contribution in [0, 0.1) is 0 Å². The van der Waals surface area contributed by atoms with E-state index in [1.54, 1.807) is 0 Å². The first-order chi connectivity index (χ1) is 35.8. The van der Waals surface area contributed by atoms with Crippen molar-refractivity contribution in [1.29, 1.82) is 0 Å². The van der Waals surface area contributed by atoms with Crippen molar-refractivity contribution in [3.8, 4) is 0 Å². The summed E-state index contributed by atoms with van der Waals surface area (Å²) >= 11 is 0. The smallest absolute Gasteiger partial charge is 0.245 e. The van der Waals surface area contributed by atoms with Crippen LogP contribution in [-0.4, -0.2) is 170 Å². The van der Waals surface area contributed by atoms with Crippen LogP contribution in [-0.2, 0) is 38.0 Å². The number of aliphatic hydroxyl groups is 8. The van der Waals surface area contributed by atoms with Crippen molar-refractivity contribution < 1.29 is 78.9 Å². The minimum Gasteiger partial charge on any atom is -0.394 e. The monoisotopic (exact) mass is 1060 g/mol. The maximum atomic E-state index is 13.4. The first kappa shape index (κ1) is 66.5. The maximum Gasteiger partial charge on any atom is 0.245 e. The summed E-state index contributed by atoms with van der Waals surface area (Å²) in [6.07, 6.45) is 14.1. The van der Waals surface area contributed by atoms with Crippen LogP contribution >= 0.6 is 0 Å². The van der Waals surface area contributed by atoms with Gasteiger partial charge in [0.25, 0.3) is 0 Å². The average molecular weight is 1060 g/mol. The fourth-order valence-corrected chi connectivity index (χ4v) is 10.3. The van der Waals surface area contributed by atoms with Gasteiger partial charge in [0, 0.05) is 19.1 Å². The Labute approximate surface area is 444 Å². The van der Waals surface area contributed by atoms with Crippen LogP contribution in [0.2, 0.25) is 0 Å². The molecule has 0 aromatic heterocycles. The van der Waals surface area contributed by atoms with E-state index in [0.29, 0.717) is 12.1 Å². The van der Waals surface area contributed by atoms with Gasteiger partial charge in [-0.1, -0.05) is 187 Å². The topological polar surface area (TPSA) is 276 Å². The molecule has 0 saturated carbocycles. The van der Waals surface area contributed by atoms with Crippen molar-refractivity contribution in [2.75, 3.05) is 19.8 Å². The lowest BCUT2D eigenvalue weighted by Crippen LogP contribution is -2.69. The van der Waals surface area contributed by atoms with Crippen LogP contribution in [0.5, 0.6) is 0 Å². The van der Waals surface area contributed by atoms with E-state index < -0.39 is 111 Å². The maximum absolute atomic E-state index is 13.4. The molecule has 0 radical (unpaired) electrons. The standard InChI is InChI=1S/C56H104N2O16/c1-5-7-9-11-13-15-16-17-18-19-20-21-22-23-24-25-26-27-29-31-33-35-44(62)58-41(34-32-30-28-14-12-10-8-6-2)38-69-54-45(57-40(4)61)53(74-55-50(67)48(65)46(63)39(3)70-55)52(43(37-60)72-54)73-56-51(68)49(66)47(64)42(36-59)71-56/h39,42-43,45-56,59-60,63-68H,5-38H2,1-4H3,(H,57,61)/t39?,42?,43?,45?,46-,47+,48?,49?,50?,51?,52-,53?,54-,55+,56+/m1/s1. The van der Waals surface area contributed by atoms with Gasteiger partial charge in [0.15, 0.2) is 18.9 Å². The normalized spacial score (nSPS) is 30.7. The number of aliphatic hydroxyl groups excluding tert-OH is 8. The van der Waals surface area contributed by atoms with Gasteiger partial charge >= 0.3 is 0 Å². The lowest BCUT2D eigenvalue weighted by Gasteiger charge is -2.50. The van der Waals surface area contributed by atoms with Crippen molar-refractivity contribution in [3.05, 3.63) is 0 Å². The fraction of sp³-hybridized carbons (Fsp3) is 0.946. The van der Waals surface area contributed by atoms with Crippen LogP contribution in [0.1, 0.15) is 227 Å². The molecule has 3 rings (SSSR count). The highest BCUT2D eigenvalue weighted by Gasteiger charge is 2.54. The molecule has 3 saturated heterocycles. The predicted octanol–water partition coefficient (Wildman–Crippen LogP) is 6.72. The average Bonchev–Trinajstić information content (AvgIpc) is 3.38. The molecule has 3 aliphatic rings. The Morgan fingerprint density at radius 1 is 0.473 bits per heavy atom. The van der Waals surface area contributed by atoms with E-state index in [0.717, 1.165) is 57.8 Å². The molecule has 9 N–H and O–H groups in total. The van der Waals surface area contributed by atoms with Gasteiger partial charge in [0.1, 0.15) is 67.1 Å². The van der Waals surface area contributed by atoms with E-state index in [-0.39, 0.29) is 18.9 Å². The summed E-state index contributed by atoms with van der Waals surface area (Å²) in [4.78, 5) is 30.9. The van der Waals surface area contributed by atoms with Crippen LogP contribution in [0.4, 0.5) is 0 Å². The Bertz CT molecular complexity index is 1480. The summed E-state index contributed by atoms with van der Waals surface area (Å²) in [6.45, 7) is 5.41. The van der Waals surface area contributed by atoms with Crippen molar-refractivity contribution in [2.24, 2.45) is 4.99 Å². The van der Waals surface area contributed by atoms with Gasteiger partial charge in [-0.25, -0.2) is 4.99 Å². The molecule has 9 unspecified atom stereocenters. The van der Waals surface area contributed by atoms with Gasteiger partial charge in [0.05, 0.1) is 25.9 Å². The number of nitrogens with one attached hydrogen (secondary N) is 1. The molecule has 0 aromatic rings. The molecule has 18 heteroatoms. The number of carbonyl (C=O) groups is 2. The largest absolute Gasteiger partial charge is 0.394 e. The van der Waals surface area contributed by atoms with Crippen LogP contribution in [0.3, 0.4) is 0 Å². The minimum atomic E-state index is -1.88. The Balaban J connectivity index is 1.62. The summed E-state index contributed by atoms with van der Waals surface area (Å²) < 4.78 is 36.4. The molecule has 0 bridgehead atoms. The lowest BCUT2D eigenvalue weighted by atomic mass is 9.94. The van der Waals surface area contributed by atoms with Gasteiger partial charge in [-0.2, -0.15) is 0 Å². The van der Waals surface area contributed by atoms with Crippen molar-refractivity contribution in [1.82, 2.24) is 5.32 Å². The molecule has 3 aliphatic heterocycles. The molecular formula is C56H104N2O16. The number of hydrogen-bond acceptors (Lipinski definition) is 16. The van der Waals surface area contributed by atoms with E-state index in [1.807, 2.05) is 0 Å². The summed E-state index contributed by atoms with van der Waals surface area (Å²) in [6, 6.07) is -1.33. The second-order valence-corrected chi connectivity index (χ2v) is 21.5. The number of carbonyl (C=O) groups excluding carboxylic acids is 2. The Kier molecular flexibility index (Phi) is 35.6. The van der Waals surface area contributed by atoms with E-state index >= 15 is 0 Å². The van der Waals surface area contributed by atoms with E-state index in [4.69, 9.17) is 28.4 Å². The number of unbranched alkanes of at least 4 members (excludes halogenated alkanes) is 27. The highest BCUT2D eigenvalue weighted by molar-refractivity contribution is 5.96. The van der Waals surface area contributed by atoms with Gasteiger partial charge in [-0.3, -0.25) is 9.59 Å². The van der Waals surface area contributed by atoms with Gasteiger partial charge in [-0.15, -0.1) is 0 Å². The van der Waals surface area contributed by atoms with Crippen LogP contribution < -0.4 is 5.32 Å². The minimum absolute atomic E-state index is 0.199. The van der Waals surface area contributed by atoms with Crippen molar-refractivity contribution in [2.45, 2.75) is 319 Å². The molecule has 0 aliphatic carbocycles. The first-order valence-electron chi connectivity index (χ1n) is 29.3. The quantitative estimate of drug-likeness (QED) is 0.0227. The molecule has 2 amide bonds. The Morgan fingerprint density at radius 2 is 0.865 bits per heavy atom.